The molecule has 0 bridgehead atoms. The molecule has 0 saturated carbocycles. The third kappa shape index (κ3) is 2.35. The summed E-state index contributed by atoms with van der Waals surface area (Å²) in [6.45, 7) is 6.45. The van der Waals surface area contributed by atoms with Crippen molar-refractivity contribution in [3.8, 4) is 0 Å². The summed E-state index contributed by atoms with van der Waals surface area (Å²) in [5, 5.41) is 7.37. The van der Waals surface area contributed by atoms with Crippen molar-refractivity contribution in [3.63, 3.8) is 0 Å². The fourth-order valence-corrected chi connectivity index (χ4v) is 2.65. The molecular weight excluding hydrogens is 214 g/mol. The molecule has 2 rings (SSSR count). The van der Waals surface area contributed by atoms with Crippen LogP contribution in [-0.2, 0) is 11.8 Å². The molecule has 2 heterocycles. The molecule has 1 aliphatic rings. The number of carbonyl (C=O) groups is 1. The Labute approximate surface area is 102 Å². The van der Waals surface area contributed by atoms with Crippen LogP contribution in [0.3, 0.4) is 0 Å². The van der Waals surface area contributed by atoms with Crippen molar-refractivity contribution < 1.29 is 4.79 Å². The van der Waals surface area contributed by atoms with Gasteiger partial charge in [0.25, 0.3) is 0 Å². The van der Waals surface area contributed by atoms with Gasteiger partial charge in [-0.15, -0.1) is 0 Å². The molecule has 4 heteroatoms. The maximum absolute atomic E-state index is 11.6. The van der Waals surface area contributed by atoms with Gasteiger partial charge in [0.15, 0.2) is 0 Å². The van der Waals surface area contributed by atoms with Gasteiger partial charge in [-0.1, -0.05) is 13.8 Å². The quantitative estimate of drug-likeness (QED) is 0.867. The smallest absolute Gasteiger partial charge is 0.220 e. The summed E-state index contributed by atoms with van der Waals surface area (Å²) in [6, 6.07) is 0.269. The summed E-state index contributed by atoms with van der Waals surface area (Å²) in [5.41, 5.74) is 2.39. The molecule has 0 spiro atoms. The van der Waals surface area contributed by atoms with E-state index in [1.54, 1.807) is 0 Å². The van der Waals surface area contributed by atoms with Crippen LogP contribution < -0.4 is 5.32 Å². The van der Waals surface area contributed by atoms with Gasteiger partial charge in [-0.3, -0.25) is 9.48 Å². The molecule has 0 radical (unpaired) electrons. The van der Waals surface area contributed by atoms with Gasteiger partial charge in [-0.2, -0.15) is 5.10 Å². The number of aryl methyl sites for hydroxylation is 1. The molecule has 1 aromatic rings. The zero-order valence-corrected chi connectivity index (χ0v) is 11.0. The van der Waals surface area contributed by atoms with E-state index < -0.39 is 0 Å². The van der Waals surface area contributed by atoms with Crippen LogP contribution in [-0.4, -0.2) is 21.7 Å². The lowest BCUT2D eigenvalue weighted by atomic mass is 9.88. The second-order valence-electron chi connectivity index (χ2n) is 5.42. The number of aromatic nitrogens is 2. The average molecular weight is 235 g/mol. The molecule has 94 valence electrons. The molecule has 1 amide bonds. The van der Waals surface area contributed by atoms with E-state index in [4.69, 9.17) is 0 Å². The summed E-state index contributed by atoms with van der Waals surface area (Å²) in [4.78, 5) is 11.6. The van der Waals surface area contributed by atoms with Crippen LogP contribution in [0.15, 0.2) is 6.20 Å². The minimum Gasteiger partial charge on any atom is -0.353 e. The van der Waals surface area contributed by atoms with Crippen molar-refractivity contribution in [2.45, 2.75) is 45.6 Å². The van der Waals surface area contributed by atoms with Crippen molar-refractivity contribution in [3.05, 3.63) is 17.5 Å². The highest BCUT2D eigenvalue weighted by atomic mass is 16.2. The predicted molar refractivity (Wildman–Crippen MR) is 66.7 cm³/mol. The Kier molecular flexibility index (Phi) is 3.22. The fourth-order valence-electron chi connectivity index (χ4n) is 2.65. The lowest BCUT2D eigenvalue weighted by Gasteiger charge is -2.20. The Bertz CT molecular complexity index is 422. The Morgan fingerprint density at radius 3 is 2.82 bits per heavy atom. The third-order valence-corrected chi connectivity index (χ3v) is 3.64. The first-order chi connectivity index (χ1) is 7.99. The van der Waals surface area contributed by atoms with E-state index in [1.807, 2.05) is 17.9 Å². The lowest BCUT2D eigenvalue weighted by Crippen LogP contribution is -2.29. The Morgan fingerprint density at radius 1 is 1.59 bits per heavy atom. The Morgan fingerprint density at radius 2 is 2.29 bits per heavy atom. The van der Waals surface area contributed by atoms with Gasteiger partial charge < -0.3 is 5.32 Å². The van der Waals surface area contributed by atoms with E-state index in [1.165, 1.54) is 11.3 Å². The third-order valence-electron chi connectivity index (χ3n) is 3.64. The molecule has 1 N–H and O–H groups in total. The molecular formula is C13H21N3O. The van der Waals surface area contributed by atoms with Crippen molar-refractivity contribution in [1.29, 1.82) is 0 Å². The van der Waals surface area contributed by atoms with Gasteiger partial charge in [-0.25, -0.2) is 0 Å². The van der Waals surface area contributed by atoms with Gasteiger partial charge in [0.1, 0.15) is 0 Å². The van der Waals surface area contributed by atoms with Crippen LogP contribution in [0, 0.1) is 12.8 Å². The summed E-state index contributed by atoms with van der Waals surface area (Å²) in [6.07, 6.45) is 3.54. The summed E-state index contributed by atoms with van der Waals surface area (Å²) >= 11 is 0. The Hall–Kier alpha value is -1.32. The number of hydrogen-bond donors (Lipinski definition) is 1. The van der Waals surface area contributed by atoms with Crippen LogP contribution in [0.25, 0.3) is 0 Å². The molecule has 4 nitrogen and oxygen atoms in total. The highest BCUT2D eigenvalue weighted by molar-refractivity contribution is 5.80. The second-order valence-corrected chi connectivity index (χ2v) is 5.42. The van der Waals surface area contributed by atoms with Gasteiger partial charge in [0, 0.05) is 31.1 Å². The molecule has 1 aromatic heterocycles. The molecule has 1 fully saturated rings. The molecule has 0 aromatic carbocycles. The number of amides is 1. The zero-order chi connectivity index (χ0) is 12.6. The molecule has 2 atom stereocenters. The molecule has 0 aliphatic carbocycles. The molecule has 1 saturated heterocycles. The first-order valence-electron chi connectivity index (χ1n) is 6.27. The van der Waals surface area contributed by atoms with Crippen molar-refractivity contribution in [1.82, 2.24) is 15.1 Å². The van der Waals surface area contributed by atoms with Crippen molar-refractivity contribution in [2.24, 2.45) is 13.0 Å². The summed E-state index contributed by atoms with van der Waals surface area (Å²) in [7, 11) is 1.94. The van der Waals surface area contributed by atoms with Crippen molar-refractivity contribution >= 4 is 5.91 Å². The maximum Gasteiger partial charge on any atom is 0.220 e. The second kappa shape index (κ2) is 4.51. The van der Waals surface area contributed by atoms with Crippen molar-refractivity contribution in [2.75, 3.05) is 0 Å². The van der Waals surface area contributed by atoms with E-state index >= 15 is 0 Å². The van der Waals surface area contributed by atoms with Gasteiger partial charge in [0.2, 0.25) is 5.91 Å². The number of carbonyl (C=O) groups excluding carboxylic acids is 1. The lowest BCUT2D eigenvalue weighted by molar-refractivity contribution is -0.119. The van der Waals surface area contributed by atoms with Crippen LogP contribution in [0.2, 0.25) is 0 Å². The molecule has 2 unspecified atom stereocenters. The van der Waals surface area contributed by atoms with Gasteiger partial charge in [-0.05, 0) is 24.8 Å². The predicted octanol–water partition coefficient (Wildman–Crippen LogP) is 1.75. The normalized spacial score (nSPS) is 24.4. The highest BCUT2D eigenvalue weighted by Gasteiger charge is 2.35. The maximum atomic E-state index is 11.6. The van der Waals surface area contributed by atoms with Crippen LogP contribution >= 0.6 is 0 Å². The molecule has 17 heavy (non-hydrogen) atoms. The van der Waals surface area contributed by atoms with Crippen LogP contribution in [0.1, 0.15) is 43.9 Å². The standard InChI is InChI=1S/C13H21N3O/c1-8(2)5-12-10(6-13(17)15-12)11-7-14-16(4)9(11)3/h7-8,10,12H,5-6H2,1-4H3,(H,15,17). The fraction of sp³-hybridized carbons (Fsp3) is 0.692. The van der Waals surface area contributed by atoms with E-state index in [0.717, 1.165) is 6.42 Å². The van der Waals surface area contributed by atoms with Gasteiger partial charge >= 0.3 is 0 Å². The number of nitrogens with one attached hydrogen (secondary N) is 1. The average Bonchev–Trinajstić information content (AvgIpc) is 2.72. The first-order valence-corrected chi connectivity index (χ1v) is 6.27. The van der Waals surface area contributed by atoms with Crippen LogP contribution in [0.5, 0.6) is 0 Å². The van der Waals surface area contributed by atoms with Gasteiger partial charge in [0.05, 0.1) is 6.20 Å². The molecule has 1 aliphatic heterocycles. The monoisotopic (exact) mass is 235 g/mol. The minimum atomic E-state index is 0.170. The first kappa shape index (κ1) is 12.1. The van der Waals surface area contributed by atoms with E-state index in [9.17, 15) is 4.79 Å². The highest BCUT2D eigenvalue weighted by Crippen LogP contribution is 2.33. The summed E-state index contributed by atoms with van der Waals surface area (Å²) in [5.74, 6) is 1.06. The van der Waals surface area contributed by atoms with E-state index in [0.29, 0.717) is 18.3 Å². The van der Waals surface area contributed by atoms with E-state index in [-0.39, 0.29) is 11.9 Å². The number of rotatable bonds is 3. The zero-order valence-electron chi connectivity index (χ0n) is 11.0. The largest absolute Gasteiger partial charge is 0.353 e. The number of hydrogen-bond acceptors (Lipinski definition) is 2. The van der Waals surface area contributed by atoms with Crippen LogP contribution in [0.4, 0.5) is 0 Å². The van der Waals surface area contributed by atoms with E-state index in [2.05, 4.69) is 31.2 Å². The Balaban J connectivity index is 2.23. The topological polar surface area (TPSA) is 46.9 Å². The number of nitrogens with zero attached hydrogens (tertiary/aromatic N) is 2. The summed E-state index contributed by atoms with van der Waals surface area (Å²) < 4.78 is 1.88. The minimum absolute atomic E-state index is 0.170. The SMILES string of the molecule is Cc1c(C2CC(=O)NC2CC(C)C)cnn1C.